The number of benzene rings is 3. The third kappa shape index (κ3) is 5.26. The smallest absolute Gasteiger partial charge is 0.363 e. The van der Waals surface area contributed by atoms with Crippen LogP contribution in [0, 0.1) is 0 Å². The van der Waals surface area contributed by atoms with Gasteiger partial charge in [0.05, 0.1) is 18.7 Å². The van der Waals surface area contributed by atoms with Crippen LogP contribution in [0.5, 0.6) is 11.5 Å². The van der Waals surface area contributed by atoms with Crippen molar-refractivity contribution >= 4 is 29.5 Å². The number of esters is 1. The van der Waals surface area contributed by atoms with Crippen LogP contribution >= 0.6 is 11.6 Å². The molecular formula is C27H24ClNO4. The summed E-state index contributed by atoms with van der Waals surface area (Å²) in [5, 5.41) is 0.407. The Kier molecular flexibility index (Phi) is 7.10. The van der Waals surface area contributed by atoms with Gasteiger partial charge >= 0.3 is 5.97 Å². The highest BCUT2D eigenvalue weighted by atomic mass is 35.5. The number of aliphatic imine (C=N–C) groups is 1. The molecule has 0 radical (unpaired) electrons. The zero-order valence-electron chi connectivity index (χ0n) is 18.5. The fraction of sp³-hybridized carbons (Fsp3) is 0.185. The standard InChI is InChI=1S/C27H24ClNO4/c1-3-4-14-32-25-22(28)15-18(17-24(25)31-2)16-23-27(30)33-26(29-23)21-12-10-20(11-13-21)19-8-6-5-7-9-19/h5-13,15-17H,3-4,14H2,1-2H3/b23-16-. The molecule has 5 nitrogen and oxygen atoms in total. The van der Waals surface area contributed by atoms with E-state index in [0.29, 0.717) is 28.7 Å². The largest absolute Gasteiger partial charge is 0.493 e. The Balaban J connectivity index is 1.57. The molecule has 3 aromatic rings. The molecule has 168 valence electrons. The van der Waals surface area contributed by atoms with Gasteiger partial charge in [-0.15, -0.1) is 0 Å². The Morgan fingerprint density at radius 3 is 2.39 bits per heavy atom. The summed E-state index contributed by atoms with van der Waals surface area (Å²) in [6.07, 6.45) is 3.56. The maximum Gasteiger partial charge on any atom is 0.363 e. The Bertz CT molecular complexity index is 1200. The van der Waals surface area contributed by atoms with Gasteiger partial charge in [0.2, 0.25) is 5.90 Å². The molecule has 0 aromatic heterocycles. The highest BCUT2D eigenvalue weighted by Crippen LogP contribution is 2.37. The van der Waals surface area contributed by atoms with Crippen LogP contribution in [0.3, 0.4) is 0 Å². The van der Waals surface area contributed by atoms with E-state index < -0.39 is 5.97 Å². The van der Waals surface area contributed by atoms with Crippen molar-refractivity contribution in [2.45, 2.75) is 19.8 Å². The van der Waals surface area contributed by atoms with Gasteiger partial charge in [-0.1, -0.05) is 67.4 Å². The molecule has 0 fully saturated rings. The van der Waals surface area contributed by atoms with E-state index in [1.807, 2.05) is 54.6 Å². The lowest BCUT2D eigenvalue weighted by Gasteiger charge is -2.13. The summed E-state index contributed by atoms with van der Waals surface area (Å²) in [6, 6.07) is 21.3. The van der Waals surface area contributed by atoms with Gasteiger partial charge in [-0.05, 0) is 53.5 Å². The number of methoxy groups -OCH3 is 1. The van der Waals surface area contributed by atoms with Crippen molar-refractivity contribution in [1.29, 1.82) is 0 Å². The van der Waals surface area contributed by atoms with Gasteiger partial charge in [0.1, 0.15) is 0 Å². The van der Waals surface area contributed by atoms with E-state index in [2.05, 4.69) is 11.9 Å². The number of carbonyl (C=O) groups excluding carboxylic acids is 1. The van der Waals surface area contributed by atoms with E-state index in [-0.39, 0.29) is 11.6 Å². The molecule has 0 spiro atoms. The summed E-state index contributed by atoms with van der Waals surface area (Å²) < 4.78 is 16.6. The Morgan fingerprint density at radius 1 is 1.00 bits per heavy atom. The van der Waals surface area contributed by atoms with Crippen molar-refractivity contribution in [2.24, 2.45) is 4.99 Å². The van der Waals surface area contributed by atoms with E-state index >= 15 is 0 Å². The van der Waals surface area contributed by atoms with Crippen LogP contribution in [-0.4, -0.2) is 25.6 Å². The maximum absolute atomic E-state index is 12.4. The molecule has 33 heavy (non-hydrogen) atoms. The van der Waals surface area contributed by atoms with Crippen LogP contribution < -0.4 is 9.47 Å². The second kappa shape index (κ2) is 10.4. The zero-order chi connectivity index (χ0) is 23.2. The predicted molar refractivity (Wildman–Crippen MR) is 131 cm³/mol. The van der Waals surface area contributed by atoms with E-state index in [9.17, 15) is 4.79 Å². The molecule has 6 heteroatoms. The summed E-state index contributed by atoms with van der Waals surface area (Å²) in [5.74, 6) is 0.739. The quantitative estimate of drug-likeness (QED) is 0.217. The minimum atomic E-state index is -0.518. The molecule has 0 bridgehead atoms. The summed E-state index contributed by atoms with van der Waals surface area (Å²) >= 11 is 6.42. The Hall–Kier alpha value is -3.57. The van der Waals surface area contributed by atoms with Gasteiger partial charge in [-0.25, -0.2) is 9.79 Å². The molecule has 4 rings (SSSR count). The highest BCUT2D eigenvalue weighted by molar-refractivity contribution is 6.32. The molecule has 3 aromatic carbocycles. The number of hydrogen-bond donors (Lipinski definition) is 0. The average molecular weight is 462 g/mol. The fourth-order valence-electron chi connectivity index (χ4n) is 3.41. The van der Waals surface area contributed by atoms with Gasteiger partial charge in [0, 0.05) is 5.56 Å². The van der Waals surface area contributed by atoms with Gasteiger partial charge in [0.25, 0.3) is 0 Å². The first-order chi connectivity index (χ1) is 16.1. The van der Waals surface area contributed by atoms with Gasteiger partial charge in [0.15, 0.2) is 17.2 Å². The van der Waals surface area contributed by atoms with Crippen molar-refractivity contribution in [3.63, 3.8) is 0 Å². The number of rotatable bonds is 8. The maximum atomic E-state index is 12.4. The molecule has 0 amide bonds. The minimum Gasteiger partial charge on any atom is -0.493 e. The normalized spacial score (nSPS) is 14.2. The summed E-state index contributed by atoms with van der Waals surface area (Å²) in [5.41, 5.74) is 3.76. The predicted octanol–water partition coefficient (Wildman–Crippen LogP) is 6.54. The second-order valence-electron chi connectivity index (χ2n) is 7.52. The summed E-state index contributed by atoms with van der Waals surface area (Å²) in [4.78, 5) is 16.8. The third-order valence-corrected chi connectivity index (χ3v) is 5.44. The lowest BCUT2D eigenvalue weighted by atomic mass is 10.0. The number of halogens is 1. The first-order valence-corrected chi connectivity index (χ1v) is 11.2. The minimum absolute atomic E-state index is 0.190. The molecule has 0 atom stereocenters. The van der Waals surface area contributed by atoms with Crippen LogP contribution in [-0.2, 0) is 9.53 Å². The number of unbranched alkanes of at least 4 members (excludes halogenated alkanes) is 1. The first-order valence-electron chi connectivity index (χ1n) is 10.8. The van der Waals surface area contributed by atoms with Crippen LogP contribution in [0.1, 0.15) is 30.9 Å². The molecule has 1 aliphatic heterocycles. The number of cyclic esters (lactones) is 1. The Labute approximate surface area is 198 Å². The van der Waals surface area contributed by atoms with Gasteiger partial charge in [-0.3, -0.25) is 0 Å². The lowest BCUT2D eigenvalue weighted by molar-refractivity contribution is -0.129. The summed E-state index contributed by atoms with van der Waals surface area (Å²) in [7, 11) is 1.55. The third-order valence-electron chi connectivity index (χ3n) is 5.16. The number of nitrogens with zero attached hydrogens (tertiary/aromatic N) is 1. The number of carbonyl (C=O) groups is 1. The molecule has 1 heterocycles. The zero-order valence-corrected chi connectivity index (χ0v) is 19.3. The average Bonchev–Trinajstić information content (AvgIpc) is 3.21. The molecule has 0 unspecified atom stereocenters. The molecule has 0 saturated carbocycles. The van der Waals surface area contributed by atoms with Crippen LogP contribution in [0.4, 0.5) is 0 Å². The monoisotopic (exact) mass is 461 g/mol. The van der Waals surface area contributed by atoms with Crippen LogP contribution in [0.2, 0.25) is 5.02 Å². The highest BCUT2D eigenvalue weighted by Gasteiger charge is 2.24. The topological polar surface area (TPSA) is 57.1 Å². The van der Waals surface area contributed by atoms with E-state index in [1.165, 1.54) is 0 Å². The van der Waals surface area contributed by atoms with Crippen LogP contribution in [0.15, 0.2) is 77.4 Å². The molecule has 0 aliphatic carbocycles. The van der Waals surface area contributed by atoms with Crippen LogP contribution in [0.25, 0.3) is 17.2 Å². The van der Waals surface area contributed by atoms with Crippen molar-refractivity contribution in [2.75, 3.05) is 13.7 Å². The van der Waals surface area contributed by atoms with E-state index in [1.54, 1.807) is 25.3 Å². The van der Waals surface area contributed by atoms with Crippen molar-refractivity contribution in [3.8, 4) is 22.6 Å². The van der Waals surface area contributed by atoms with Crippen molar-refractivity contribution in [3.05, 3.63) is 88.6 Å². The lowest BCUT2D eigenvalue weighted by Crippen LogP contribution is -2.05. The van der Waals surface area contributed by atoms with Crippen molar-refractivity contribution < 1.29 is 19.0 Å². The molecule has 0 N–H and O–H groups in total. The SMILES string of the molecule is CCCCOc1c(Cl)cc(/C=C2\N=C(c3ccc(-c4ccccc4)cc3)OC2=O)cc1OC. The first kappa shape index (κ1) is 22.6. The van der Waals surface area contributed by atoms with Crippen molar-refractivity contribution in [1.82, 2.24) is 0 Å². The van der Waals surface area contributed by atoms with E-state index in [4.69, 9.17) is 25.8 Å². The molecule has 1 aliphatic rings. The van der Waals surface area contributed by atoms with E-state index in [0.717, 1.165) is 29.5 Å². The number of hydrogen-bond acceptors (Lipinski definition) is 5. The fourth-order valence-corrected chi connectivity index (χ4v) is 3.68. The molecular weight excluding hydrogens is 438 g/mol. The Morgan fingerprint density at radius 2 is 1.70 bits per heavy atom. The van der Waals surface area contributed by atoms with Gasteiger partial charge < -0.3 is 14.2 Å². The second-order valence-corrected chi connectivity index (χ2v) is 7.92. The number of ether oxygens (including phenoxy) is 3. The van der Waals surface area contributed by atoms with Gasteiger partial charge in [-0.2, -0.15) is 0 Å². The molecule has 0 saturated heterocycles. The summed E-state index contributed by atoms with van der Waals surface area (Å²) in [6.45, 7) is 2.64.